The Morgan fingerprint density at radius 1 is 1.29 bits per heavy atom. The van der Waals surface area contributed by atoms with Gasteiger partial charge >= 0.3 is 12.5 Å². The number of hydrogen-bond donors (Lipinski definition) is 1. The second-order valence-corrected chi connectivity index (χ2v) is 7.97. The Kier molecular flexibility index (Phi) is 5.83. The average molecular weight is 440 g/mol. The summed E-state index contributed by atoms with van der Waals surface area (Å²) in [7, 11) is 0. The first-order chi connectivity index (χ1) is 14.7. The van der Waals surface area contributed by atoms with Crippen LogP contribution < -0.4 is 4.74 Å². The van der Waals surface area contributed by atoms with Gasteiger partial charge in [0.2, 0.25) is 0 Å². The van der Waals surface area contributed by atoms with E-state index in [4.69, 9.17) is 9.26 Å². The molecular formula is C21H23F3N2O5. The highest BCUT2D eigenvalue weighted by molar-refractivity contribution is 5.70. The largest absolute Gasteiger partial charge is 0.573 e. The molecular weight excluding hydrogens is 417 g/mol. The van der Waals surface area contributed by atoms with Crippen molar-refractivity contribution in [2.75, 3.05) is 6.54 Å². The van der Waals surface area contributed by atoms with Gasteiger partial charge in [0, 0.05) is 29.6 Å². The lowest BCUT2D eigenvalue weighted by molar-refractivity contribution is -0.274. The normalized spacial score (nSPS) is 21.9. The van der Waals surface area contributed by atoms with Gasteiger partial charge in [0.25, 0.3) is 0 Å². The van der Waals surface area contributed by atoms with E-state index in [9.17, 15) is 23.1 Å². The molecule has 2 heterocycles. The fourth-order valence-electron chi connectivity index (χ4n) is 3.98. The molecule has 7 nitrogen and oxygen atoms in total. The molecule has 2 atom stereocenters. The van der Waals surface area contributed by atoms with E-state index in [-0.39, 0.29) is 41.7 Å². The van der Waals surface area contributed by atoms with Gasteiger partial charge < -0.3 is 24.0 Å². The van der Waals surface area contributed by atoms with Crippen LogP contribution >= 0.6 is 0 Å². The van der Waals surface area contributed by atoms with Crippen LogP contribution in [-0.4, -0.2) is 46.3 Å². The Morgan fingerprint density at radius 3 is 2.68 bits per heavy atom. The molecule has 2 aromatic rings. The maximum Gasteiger partial charge on any atom is 0.573 e. The van der Waals surface area contributed by atoms with Gasteiger partial charge in [0.05, 0.1) is 12.7 Å². The number of carboxylic acid groups (broad SMARTS) is 1. The summed E-state index contributed by atoms with van der Waals surface area (Å²) in [6.07, 6.45) is -3.01. The molecule has 1 N–H and O–H groups in total. The molecule has 1 saturated heterocycles. The maximum atomic E-state index is 12.9. The van der Waals surface area contributed by atoms with Crippen LogP contribution in [0.1, 0.15) is 49.8 Å². The lowest BCUT2D eigenvalue weighted by Gasteiger charge is -2.35. The minimum absolute atomic E-state index is 0.121. The predicted octanol–water partition coefficient (Wildman–Crippen LogP) is 5.17. The van der Waals surface area contributed by atoms with Gasteiger partial charge in [-0.1, -0.05) is 17.3 Å². The number of likely N-dealkylation sites (tertiary alicyclic amines) is 1. The quantitative estimate of drug-likeness (QED) is 0.668. The monoisotopic (exact) mass is 440 g/mol. The number of carbonyl (C=O) groups is 1. The van der Waals surface area contributed by atoms with Gasteiger partial charge in [-0.05, 0) is 44.7 Å². The van der Waals surface area contributed by atoms with Crippen molar-refractivity contribution in [3.63, 3.8) is 0 Å². The fraction of sp³-hybridized carbons (Fsp3) is 0.524. The highest BCUT2D eigenvalue weighted by atomic mass is 19.4. The van der Waals surface area contributed by atoms with Gasteiger partial charge in [-0.2, -0.15) is 0 Å². The summed E-state index contributed by atoms with van der Waals surface area (Å²) >= 11 is 0. The molecule has 1 aromatic heterocycles. The molecule has 2 fully saturated rings. The van der Waals surface area contributed by atoms with E-state index in [0.717, 1.165) is 12.8 Å². The van der Waals surface area contributed by atoms with E-state index >= 15 is 0 Å². The van der Waals surface area contributed by atoms with Crippen molar-refractivity contribution < 1.29 is 37.1 Å². The van der Waals surface area contributed by atoms with Crippen molar-refractivity contribution in [1.29, 1.82) is 0 Å². The Morgan fingerprint density at radius 2 is 2.03 bits per heavy atom. The number of para-hydroxylation sites is 1. The fourth-order valence-corrected chi connectivity index (χ4v) is 3.98. The molecule has 1 amide bonds. The molecule has 0 bridgehead atoms. The van der Waals surface area contributed by atoms with E-state index in [0.29, 0.717) is 30.7 Å². The minimum atomic E-state index is -4.83. The van der Waals surface area contributed by atoms with Crippen molar-refractivity contribution in [3.8, 4) is 17.0 Å². The summed E-state index contributed by atoms with van der Waals surface area (Å²) in [5.41, 5.74) is 1.08. The lowest BCUT2D eigenvalue weighted by Crippen LogP contribution is -2.46. The summed E-state index contributed by atoms with van der Waals surface area (Å²) in [5, 5.41) is 13.3. The zero-order valence-electron chi connectivity index (χ0n) is 16.9. The molecule has 2 unspecified atom stereocenters. The minimum Gasteiger partial charge on any atom is -0.465 e. The Hall–Kier alpha value is -2.75. The number of nitrogens with zero attached hydrogens (tertiary/aromatic N) is 2. The number of aromatic nitrogens is 1. The Balaban J connectivity index is 1.56. The third-order valence-electron chi connectivity index (χ3n) is 5.67. The molecule has 168 valence electrons. The summed E-state index contributed by atoms with van der Waals surface area (Å²) in [5.74, 6) is 0.464. The Labute approximate surface area is 176 Å². The van der Waals surface area contributed by atoms with Gasteiger partial charge in [0.15, 0.2) is 0 Å². The second-order valence-electron chi connectivity index (χ2n) is 7.97. The van der Waals surface area contributed by atoms with E-state index in [1.807, 2.05) is 6.92 Å². The lowest BCUT2D eigenvalue weighted by atomic mass is 10.0. The summed E-state index contributed by atoms with van der Waals surface area (Å²) in [6.45, 7) is 2.32. The third-order valence-corrected chi connectivity index (χ3v) is 5.67. The molecule has 1 aromatic carbocycles. The highest BCUT2D eigenvalue weighted by Crippen LogP contribution is 2.45. The smallest absolute Gasteiger partial charge is 0.465 e. The first kappa shape index (κ1) is 21.5. The van der Waals surface area contributed by atoms with Gasteiger partial charge in [-0.15, -0.1) is 13.2 Å². The van der Waals surface area contributed by atoms with Crippen LogP contribution in [0.3, 0.4) is 0 Å². The van der Waals surface area contributed by atoms with E-state index < -0.39 is 12.5 Å². The van der Waals surface area contributed by atoms with Crippen LogP contribution in [-0.2, 0) is 11.3 Å². The first-order valence-electron chi connectivity index (χ1n) is 10.2. The van der Waals surface area contributed by atoms with E-state index in [1.54, 1.807) is 6.07 Å². The van der Waals surface area contributed by atoms with Crippen molar-refractivity contribution >= 4 is 6.09 Å². The van der Waals surface area contributed by atoms with Crippen LogP contribution in [0.2, 0.25) is 0 Å². The number of hydrogen-bond acceptors (Lipinski definition) is 5. The molecule has 31 heavy (non-hydrogen) atoms. The SMILES string of the molecule is CC1CC(OCc2c(-c3ccccc3OC(F)(F)F)noc2C2CC2)CCN1C(=O)O. The van der Waals surface area contributed by atoms with Gasteiger partial charge in [0.1, 0.15) is 17.2 Å². The molecule has 1 saturated carbocycles. The van der Waals surface area contributed by atoms with Crippen molar-refractivity contribution in [2.45, 2.75) is 63.6 Å². The highest BCUT2D eigenvalue weighted by Gasteiger charge is 2.36. The number of amides is 1. The zero-order chi connectivity index (χ0) is 22.2. The van der Waals surface area contributed by atoms with E-state index in [2.05, 4.69) is 9.89 Å². The van der Waals surface area contributed by atoms with Crippen molar-refractivity contribution in [3.05, 3.63) is 35.6 Å². The molecule has 0 spiro atoms. The zero-order valence-corrected chi connectivity index (χ0v) is 16.9. The molecule has 4 rings (SSSR count). The number of halogens is 3. The van der Waals surface area contributed by atoms with Crippen molar-refractivity contribution in [2.24, 2.45) is 0 Å². The second kappa shape index (κ2) is 8.41. The van der Waals surface area contributed by atoms with Crippen LogP contribution in [0.15, 0.2) is 28.8 Å². The third kappa shape index (κ3) is 4.95. The van der Waals surface area contributed by atoms with Crippen molar-refractivity contribution in [1.82, 2.24) is 10.1 Å². The van der Waals surface area contributed by atoms with E-state index in [1.165, 1.54) is 23.1 Å². The maximum absolute atomic E-state index is 12.9. The predicted molar refractivity (Wildman–Crippen MR) is 103 cm³/mol. The van der Waals surface area contributed by atoms with Crippen LogP contribution in [0.25, 0.3) is 11.3 Å². The number of benzene rings is 1. The summed E-state index contributed by atoms with van der Waals surface area (Å²) < 4.78 is 54.3. The molecule has 1 aliphatic heterocycles. The average Bonchev–Trinajstić information content (AvgIpc) is 3.45. The van der Waals surface area contributed by atoms with Crippen LogP contribution in [0.5, 0.6) is 5.75 Å². The molecule has 10 heteroatoms. The number of piperidine rings is 1. The molecule has 0 radical (unpaired) electrons. The van der Waals surface area contributed by atoms with Crippen LogP contribution in [0.4, 0.5) is 18.0 Å². The topological polar surface area (TPSA) is 85.0 Å². The number of alkyl halides is 3. The van der Waals surface area contributed by atoms with Crippen LogP contribution in [0, 0.1) is 0 Å². The standard InChI is InChI=1S/C21H23F3N2O5/c1-12-10-14(8-9-26(12)20(27)28)29-11-16-18(25-31-19(16)13-6-7-13)15-4-2-3-5-17(15)30-21(22,23)24/h2-5,12-14H,6-11H2,1H3,(H,27,28). The Bertz CT molecular complexity index is 941. The molecule has 2 aliphatic rings. The molecule has 1 aliphatic carbocycles. The summed E-state index contributed by atoms with van der Waals surface area (Å²) in [4.78, 5) is 12.6. The first-order valence-corrected chi connectivity index (χ1v) is 10.2. The number of ether oxygens (including phenoxy) is 2. The number of rotatable bonds is 6. The van der Waals surface area contributed by atoms with Gasteiger partial charge in [-0.25, -0.2) is 4.79 Å². The van der Waals surface area contributed by atoms with Gasteiger partial charge in [-0.3, -0.25) is 0 Å². The summed E-state index contributed by atoms with van der Waals surface area (Å²) in [6, 6.07) is 5.63.